The molecule has 2 aliphatic heterocycles. The van der Waals surface area contributed by atoms with E-state index in [1.54, 1.807) is 12.1 Å². The molecule has 2 atom stereocenters. The van der Waals surface area contributed by atoms with E-state index >= 15 is 0 Å². The third kappa shape index (κ3) is 3.51. The molecule has 0 radical (unpaired) electrons. The van der Waals surface area contributed by atoms with Crippen LogP contribution in [-0.2, 0) is 19.9 Å². The van der Waals surface area contributed by atoms with Crippen LogP contribution in [0.3, 0.4) is 0 Å². The molecular formula is C17H23N3O4S2. The Morgan fingerprint density at radius 3 is 2.50 bits per heavy atom. The summed E-state index contributed by atoms with van der Waals surface area (Å²) < 4.78 is 52.2. The lowest BCUT2D eigenvalue weighted by atomic mass is 10.1. The molecule has 1 aromatic carbocycles. The Balaban J connectivity index is 2.00. The van der Waals surface area contributed by atoms with Gasteiger partial charge in [0.15, 0.2) is 9.84 Å². The third-order valence-electron chi connectivity index (χ3n) is 4.93. The van der Waals surface area contributed by atoms with E-state index in [0.717, 1.165) is 6.54 Å². The quantitative estimate of drug-likeness (QED) is 0.741. The minimum Gasteiger partial charge on any atom is -0.296 e. The molecule has 1 aromatic rings. The van der Waals surface area contributed by atoms with Crippen molar-refractivity contribution in [3.05, 3.63) is 29.8 Å². The molecule has 3 rings (SSSR count). The van der Waals surface area contributed by atoms with Crippen molar-refractivity contribution in [2.75, 3.05) is 31.1 Å². The Morgan fingerprint density at radius 2 is 1.85 bits per heavy atom. The molecule has 2 fully saturated rings. The number of fused-ring (bicyclic) bond motifs is 1. The lowest BCUT2D eigenvalue weighted by Crippen LogP contribution is -2.61. The first-order chi connectivity index (χ1) is 12.2. The Labute approximate surface area is 155 Å². The van der Waals surface area contributed by atoms with Crippen LogP contribution in [0.1, 0.15) is 19.4 Å². The lowest BCUT2D eigenvalue weighted by molar-refractivity contribution is 0.0850. The highest BCUT2D eigenvalue weighted by Gasteiger charge is 2.50. The summed E-state index contributed by atoms with van der Waals surface area (Å²) in [6.07, 6.45) is 0. The van der Waals surface area contributed by atoms with E-state index < -0.39 is 25.9 Å². The Bertz CT molecular complexity index is 935. The zero-order valence-electron chi connectivity index (χ0n) is 14.9. The molecule has 0 amide bonds. The molecule has 0 aliphatic carbocycles. The van der Waals surface area contributed by atoms with Crippen LogP contribution in [0.5, 0.6) is 0 Å². The Kier molecular flexibility index (Phi) is 5.14. The van der Waals surface area contributed by atoms with Crippen molar-refractivity contribution in [3.63, 3.8) is 0 Å². The predicted molar refractivity (Wildman–Crippen MR) is 97.7 cm³/mol. The monoisotopic (exact) mass is 397 g/mol. The molecular weight excluding hydrogens is 374 g/mol. The number of hydrogen-bond acceptors (Lipinski definition) is 6. The number of nitriles is 1. The van der Waals surface area contributed by atoms with Gasteiger partial charge in [-0.1, -0.05) is 26.0 Å². The van der Waals surface area contributed by atoms with Gasteiger partial charge in [-0.25, -0.2) is 16.8 Å². The average Bonchev–Trinajstić information content (AvgIpc) is 2.89. The second-order valence-corrected chi connectivity index (χ2v) is 11.3. The topological polar surface area (TPSA) is 98.5 Å². The highest BCUT2D eigenvalue weighted by atomic mass is 32.2. The van der Waals surface area contributed by atoms with Gasteiger partial charge in [0.25, 0.3) is 0 Å². The number of sulfonamides is 1. The molecule has 2 heterocycles. The van der Waals surface area contributed by atoms with Crippen LogP contribution < -0.4 is 0 Å². The van der Waals surface area contributed by atoms with E-state index in [2.05, 4.69) is 18.7 Å². The normalized spacial score (nSPS) is 26.5. The molecule has 2 aliphatic rings. The van der Waals surface area contributed by atoms with Crippen molar-refractivity contribution in [1.29, 1.82) is 5.26 Å². The van der Waals surface area contributed by atoms with Crippen LogP contribution in [0.2, 0.25) is 0 Å². The standard InChI is InChI=1S/C17H23N3O4S2/c1-13(2)10-19-7-8-20(16-12-25(21,22)11-15(16)19)26(23,24)17-6-4-3-5-14(17)9-18/h3-6,13,15-16H,7-8,10-12H2,1-2H3/t15-,16+/m1/s1. The first-order valence-electron chi connectivity index (χ1n) is 8.61. The second kappa shape index (κ2) is 6.93. The number of rotatable bonds is 4. The highest BCUT2D eigenvalue weighted by Crippen LogP contribution is 2.32. The number of hydrogen-bond donors (Lipinski definition) is 0. The fourth-order valence-corrected chi connectivity index (χ4v) is 7.79. The molecule has 0 N–H and O–H groups in total. The predicted octanol–water partition coefficient (Wildman–Crippen LogP) is 0.686. The van der Waals surface area contributed by atoms with Gasteiger partial charge >= 0.3 is 0 Å². The van der Waals surface area contributed by atoms with Crippen LogP contribution in [0.15, 0.2) is 29.2 Å². The van der Waals surface area contributed by atoms with E-state index in [0.29, 0.717) is 12.5 Å². The third-order valence-corrected chi connectivity index (χ3v) is 8.62. The van der Waals surface area contributed by atoms with Crippen LogP contribution in [0.4, 0.5) is 0 Å². The van der Waals surface area contributed by atoms with E-state index in [4.69, 9.17) is 0 Å². The molecule has 9 heteroatoms. The average molecular weight is 398 g/mol. The van der Waals surface area contributed by atoms with Gasteiger partial charge in [0, 0.05) is 25.7 Å². The molecule has 0 bridgehead atoms. The fourth-order valence-electron chi connectivity index (χ4n) is 3.90. The van der Waals surface area contributed by atoms with E-state index in [1.165, 1.54) is 16.4 Å². The van der Waals surface area contributed by atoms with Crippen molar-refractivity contribution in [2.24, 2.45) is 5.92 Å². The molecule has 142 valence electrons. The summed E-state index contributed by atoms with van der Waals surface area (Å²) in [5.41, 5.74) is 0.0783. The summed E-state index contributed by atoms with van der Waals surface area (Å²) in [4.78, 5) is 2.05. The zero-order chi connectivity index (χ0) is 19.1. The molecule has 0 unspecified atom stereocenters. The zero-order valence-corrected chi connectivity index (χ0v) is 16.5. The van der Waals surface area contributed by atoms with Crippen molar-refractivity contribution in [3.8, 4) is 6.07 Å². The van der Waals surface area contributed by atoms with Gasteiger partial charge in [-0.3, -0.25) is 4.90 Å². The Hall–Kier alpha value is -1.47. The van der Waals surface area contributed by atoms with Gasteiger partial charge in [-0.2, -0.15) is 9.57 Å². The van der Waals surface area contributed by atoms with Gasteiger partial charge in [-0.15, -0.1) is 0 Å². The maximum absolute atomic E-state index is 13.2. The molecule has 2 saturated heterocycles. The molecule has 0 saturated carbocycles. The van der Waals surface area contributed by atoms with Crippen molar-refractivity contribution in [2.45, 2.75) is 30.8 Å². The maximum atomic E-state index is 13.2. The van der Waals surface area contributed by atoms with E-state index in [1.807, 2.05) is 6.07 Å². The number of benzene rings is 1. The van der Waals surface area contributed by atoms with Gasteiger partial charge in [0.2, 0.25) is 10.0 Å². The molecule has 0 spiro atoms. The van der Waals surface area contributed by atoms with Gasteiger partial charge in [0.05, 0.1) is 28.0 Å². The lowest BCUT2D eigenvalue weighted by Gasteiger charge is -2.43. The first kappa shape index (κ1) is 19.3. The van der Waals surface area contributed by atoms with Crippen LogP contribution in [0, 0.1) is 17.2 Å². The van der Waals surface area contributed by atoms with E-state index in [9.17, 15) is 22.1 Å². The summed E-state index contributed by atoms with van der Waals surface area (Å²) in [6.45, 7) is 5.57. The van der Waals surface area contributed by atoms with Crippen molar-refractivity contribution >= 4 is 19.9 Å². The second-order valence-electron chi connectivity index (χ2n) is 7.32. The first-order valence-corrected chi connectivity index (χ1v) is 11.9. The van der Waals surface area contributed by atoms with Crippen molar-refractivity contribution < 1.29 is 16.8 Å². The maximum Gasteiger partial charge on any atom is 0.244 e. The summed E-state index contributed by atoms with van der Waals surface area (Å²) in [5, 5.41) is 9.25. The molecule has 7 nitrogen and oxygen atoms in total. The van der Waals surface area contributed by atoms with Crippen LogP contribution >= 0.6 is 0 Å². The van der Waals surface area contributed by atoms with Crippen molar-refractivity contribution in [1.82, 2.24) is 9.21 Å². The Morgan fingerprint density at radius 1 is 1.19 bits per heavy atom. The fraction of sp³-hybridized carbons (Fsp3) is 0.588. The van der Waals surface area contributed by atoms with E-state index in [-0.39, 0.29) is 34.6 Å². The minimum atomic E-state index is -3.94. The summed E-state index contributed by atoms with van der Waals surface area (Å²) in [6, 6.07) is 7.04. The van der Waals surface area contributed by atoms with Gasteiger partial charge in [-0.05, 0) is 18.1 Å². The molecule has 0 aromatic heterocycles. The number of sulfone groups is 1. The smallest absolute Gasteiger partial charge is 0.244 e. The van der Waals surface area contributed by atoms with Gasteiger partial charge in [0.1, 0.15) is 6.07 Å². The van der Waals surface area contributed by atoms with Crippen LogP contribution in [0.25, 0.3) is 0 Å². The summed E-state index contributed by atoms with van der Waals surface area (Å²) in [7, 11) is -7.24. The largest absolute Gasteiger partial charge is 0.296 e. The summed E-state index contributed by atoms with van der Waals surface area (Å²) in [5.74, 6) is 0.178. The summed E-state index contributed by atoms with van der Waals surface area (Å²) >= 11 is 0. The highest BCUT2D eigenvalue weighted by molar-refractivity contribution is 7.92. The number of nitrogens with zero attached hydrogens (tertiary/aromatic N) is 3. The molecule has 26 heavy (non-hydrogen) atoms. The van der Waals surface area contributed by atoms with Gasteiger partial charge < -0.3 is 0 Å². The SMILES string of the molecule is CC(C)CN1CCN(S(=O)(=O)c2ccccc2C#N)[C@H]2CS(=O)(=O)C[C@H]21. The van der Waals surface area contributed by atoms with Crippen LogP contribution in [-0.4, -0.2) is 69.3 Å². The number of piperazine rings is 1. The minimum absolute atomic E-state index is 0.0176.